The molecule has 0 aromatic heterocycles. The number of cyclic esters (lactones) is 1. The molecule has 6 nitrogen and oxygen atoms in total. The lowest BCUT2D eigenvalue weighted by Crippen LogP contribution is -2.43. The van der Waals surface area contributed by atoms with Crippen molar-refractivity contribution in [2.75, 3.05) is 14.2 Å². The predicted molar refractivity (Wildman–Crippen MR) is 79.5 cm³/mol. The molecule has 1 heterocycles. The number of hydrogen-bond donors (Lipinski definition) is 0. The summed E-state index contributed by atoms with van der Waals surface area (Å²) in [6.45, 7) is 2.27. The summed E-state index contributed by atoms with van der Waals surface area (Å²) in [5.74, 6) is 0.291. The average molecular weight is 307 g/mol. The summed E-state index contributed by atoms with van der Waals surface area (Å²) < 4.78 is 15.3. The molecule has 0 N–H and O–H groups in total. The van der Waals surface area contributed by atoms with Crippen molar-refractivity contribution in [3.63, 3.8) is 0 Å². The van der Waals surface area contributed by atoms with Crippen molar-refractivity contribution in [2.45, 2.75) is 38.5 Å². The summed E-state index contributed by atoms with van der Waals surface area (Å²) in [6, 6.07) is 6.64. The van der Waals surface area contributed by atoms with Gasteiger partial charge in [-0.25, -0.2) is 9.59 Å². The van der Waals surface area contributed by atoms with Crippen LogP contribution in [0.5, 0.6) is 5.75 Å². The second kappa shape index (κ2) is 7.15. The lowest BCUT2D eigenvalue weighted by Gasteiger charge is -2.22. The number of benzene rings is 1. The number of hydrogen-bond acceptors (Lipinski definition) is 5. The normalized spacial score (nSPS) is 20.7. The topological polar surface area (TPSA) is 65.1 Å². The van der Waals surface area contributed by atoms with Crippen molar-refractivity contribution in [3.05, 3.63) is 29.8 Å². The quantitative estimate of drug-likeness (QED) is 0.755. The molecule has 0 spiro atoms. The molecule has 1 aliphatic heterocycles. The van der Waals surface area contributed by atoms with Crippen molar-refractivity contribution in [1.29, 1.82) is 0 Å². The van der Waals surface area contributed by atoms with E-state index in [1.54, 1.807) is 7.11 Å². The standard InChI is InChI=1S/C16H21NO5/c1-4-5-13-14(15(18)21-3)17(16(19)22-13)10-11-6-8-12(20-2)9-7-11/h6-9,13-14H,4-5,10H2,1-3H3/t13-,14+/m0/s1. The van der Waals surface area contributed by atoms with E-state index in [2.05, 4.69) is 0 Å². The molecule has 1 aromatic carbocycles. The number of nitrogens with zero attached hydrogens (tertiary/aromatic N) is 1. The molecule has 1 aliphatic rings. The van der Waals surface area contributed by atoms with Gasteiger partial charge in [0.2, 0.25) is 0 Å². The fourth-order valence-corrected chi connectivity index (χ4v) is 2.57. The molecule has 22 heavy (non-hydrogen) atoms. The second-order valence-corrected chi connectivity index (χ2v) is 5.15. The Morgan fingerprint density at radius 1 is 1.27 bits per heavy atom. The number of esters is 1. The zero-order valence-electron chi connectivity index (χ0n) is 13.1. The Kier molecular flexibility index (Phi) is 5.25. The Morgan fingerprint density at radius 3 is 2.50 bits per heavy atom. The van der Waals surface area contributed by atoms with Crippen molar-refractivity contribution in [2.24, 2.45) is 0 Å². The molecule has 1 fully saturated rings. The molecule has 1 saturated heterocycles. The first-order chi connectivity index (χ1) is 10.6. The van der Waals surface area contributed by atoms with Crippen LogP contribution in [0.2, 0.25) is 0 Å². The zero-order chi connectivity index (χ0) is 16.1. The molecule has 0 unspecified atom stereocenters. The molecule has 2 rings (SSSR count). The van der Waals surface area contributed by atoms with Gasteiger partial charge in [0.15, 0.2) is 6.04 Å². The second-order valence-electron chi connectivity index (χ2n) is 5.15. The van der Waals surface area contributed by atoms with Gasteiger partial charge >= 0.3 is 12.1 Å². The molecular formula is C16H21NO5. The number of ether oxygens (including phenoxy) is 3. The molecule has 6 heteroatoms. The van der Waals surface area contributed by atoms with Gasteiger partial charge in [-0.2, -0.15) is 0 Å². The Hall–Kier alpha value is -2.24. The molecular weight excluding hydrogens is 286 g/mol. The maximum absolute atomic E-state index is 12.1. The molecule has 0 radical (unpaired) electrons. The average Bonchev–Trinajstić information content (AvgIpc) is 2.83. The Morgan fingerprint density at radius 2 is 1.95 bits per heavy atom. The van der Waals surface area contributed by atoms with Gasteiger partial charge in [-0.1, -0.05) is 25.5 Å². The number of rotatable bonds is 6. The third-order valence-electron chi connectivity index (χ3n) is 3.70. The van der Waals surface area contributed by atoms with Gasteiger partial charge < -0.3 is 14.2 Å². The molecule has 1 aromatic rings. The summed E-state index contributed by atoms with van der Waals surface area (Å²) in [7, 11) is 2.91. The van der Waals surface area contributed by atoms with Gasteiger partial charge in [-0.3, -0.25) is 4.90 Å². The minimum Gasteiger partial charge on any atom is -0.497 e. The maximum atomic E-state index is 12.1. The van der Waals surface area contributed by atoms with E-state index in [0.717, 1.165) is 17.7 Å². The Labute approximate surface area is 129 Å². The van der Waals surface area contributed by atoms with Crippen LogP contribution in [0.1, 0.15) is 25.3 Å². The van der Waals surface area contributed by atoms with E-state index in [9.17, 15) is 9.59 Å². The first-order valence-corrected chi connectivity index (χ1v) is 7.28. The van der Waals surface area contributed by atoms with E-state index in [1.807, 2.05) is 31.2 Å². The molecule has 0 aliphatic carbocycles. The van der Waals surface area contributed by atoms with Crippen molar-refractivity contribution in [1.82, 2.24) is 4.90 Å². The molecule has 2 atom stereocenters. The van der Waals surface area contributed by atoms with E-state index < -0.39 is 24.2 Å². The zero-order valence-corrected chi connectivity index (χ0v) is 13.1. The van der Waals surface area contributed by atoms with E-state index in [-0.39, 0.29) is 0 Å². The van der Waals surface area contributed by atoms with Gasteiger partial charge in [0.25, 0.3) is 0 Å². The van der Waals surface area contributed by atoms with Gasteiger partial charge in [0.05, 0.1) is 20.8 Å². The van der Waals surface area contributed by atoms with Crippen LogP contribution in [0, 0.1) is 0 Å². The highest BCUT2D eigenvalue weighted by Crippen LogP contribution is 2.26. The fourth-order valence-electron chi connectivity index (χ4n) is 2.57. The highest BCUT2D eigenvalue weighted by molar-refractivity contribution is 5.85. The van der Waals surface area contributed by atoms with E-state index in [0.29, 0.717) is 13.0 Å². The lowest BCUT2D eigenvalue weighted by atomic mass is 10.1. The van der Waals surface area contributed by atoms with Crippen LogP contribution in [0.15, 0.2) is 24.3 Å². The van der Waals surface area contributed by atoms with Crippen molar-refractivity contribution < 1.29 is 23.8 Å². The fraction of sp³-hybridized carbons (Fsp3) is 0.500. The summed E-state index contributed by atoms with van der Waals surface area (Å²) >= 11 is 0. The van der Waals surface area contributed by atoms with Gasteiger partial charge in [0, 0.05) is 0 Å². The van der Waals surface area contributed by atoms with Gasteiger partial charge in [-0.15, -0.1) is 0 Å². The van der Waals surface area contributed by atoms with Crippen LogP contribution in [-0.2, 0) is 20.8 Å². The SMILES string of the molecule is CCC[C@@H]1OC(=O)N(Cc2ccc(OC)cc2)[C@H]1C(=O)OC. The highest BCUT2D eigenvalue weighted by Gasteiger charge is 2.46. The smallest absolute Gasteiger partial charge is 0.411 e. The van der Waals surface area contributed by atoms with E-state index in [1.165, 1.54) is 12.0 Å². The minimum absolute atomic E-state index is 0.294. The van der Waals surface area contributed by atoms with Crippen LogP contribution in [-0.4, -0.2) is 43.3 Å². The Bertz CT molecular complexity index is 528. The lowest BCUT2D eigenvalue weighted by molar-refractivity contribution is -0.146. The van der Waals surface area contributed by atoms with Crippen LogP contribution in [0.4, 0.5) is 4.79 Å². The summed E-state index contributed by atoms with van der Waals surface area (Å²) in [5, 5.41) is 0. The number of amides is 1. The maximum Gasteiger partial charge on any atom is 0.411 e. The first kappa shape index (κ1) is 16.1. The summed E-state index contributed by atoms with van der Waals surface area (Å²) in [5.41, 5.74) is 0.892. The number of carbonyl (C=O) groups excluding carboxylic acids is 2. The van der Waals surface area contributed by atoms with Crippen molar-refractivity contribution in [3.8, 4) is 5.75 Å². The summed E-state index contributed by atoms with van der Waals surface area (Å²) in [6.07, 6.45) is 0.514. The largest absolute Gasteiger partial charge is 0.497 e. The van der Waals surface area contributed by atoms with Crippen LogP contribution < -0.4 is 4.74 Å². The predicted octanol–water partition coefficient (Wildman–Crippen LogP) is 2.36. The number of methoxy groups -OCH3 is 2. The van der Waals surface area contributed by atoms with Gasteiger partial charge in [0.1, 0.15) is 11.9 Å². The molecule has 0 saturated carbocycles. The number of carbonyl (C=O) groups is 2. The molecule has 0 bridgehead atoms. The third-order valence-corrected chi connectivity index (χ3v) is 3.70. The minimum atomic E-state index is -0.695. The van der Waals surface area contributed by atoms with Crippen LogP contribution in [0.3, 0.4) is 0 Å². The van der Waals surface area contributed by atoms with E-state index >= 15 is 0 Å². The van der Waals surface area contributed by atoms with Crippen LogP contribution >= 0.6 is 0 Å². The highest BCUT2D eigenvalue weighted by atomic mass is 16.6. The Balaban J connectivity index is 2.18. The monoisotopic (exact) mass is 307 g/mol. The van der Waals surface area contributed by atoms with E-state index in [4.69, 9.17) is 14.2 Å². The van der Waals surface area contributed by atoms with Crippen LogP contribution in [0.25, 0.3) is 0 Å². The summed E-state index contributed by atoms with van der Waals surface area (Å²) in [4.78, 5) is 25.5. The van der Waals surface area contributed by atoms with Crippen molar-refractivity contribution >= 4 is 12.1 Å². The first-order valence-electron chi connectivity index (χ1n) is 7.28. The molecule has 120 valence electrons. The van der Waals surface area contributed by atoms with Gasteiger partial charge in [-0.05, 0) is 24.1 Å². The third kappa shape index (κ3) is 3.32. The molecule has 1 amide bonds.